The summed E-state index contributed by atoms with van der Waals surface area (Å²) in [5.41, 5.74) is 6.33. The topological polar surface area (TPSA) is 170 Å². The first-order valence-corrected chi connectivity index (χ1v) is 9.82. The lowest BCUT2D eigenvalue weighted by Crippen LogP contribution is -2.40. The van der Waals surface area contributed by atoms with Crippen LogP contribution in [0.4, 0.5) is 0 Å². The number of nitrogens with one attached hydrogen (secondary N) is 1. The van der Waals surface area contributed by atoms with Gasteiger partial charge in [0.2, 0.25) is 6.23 Å². The van der Waals surface area contributed by atoms with Crippen LogP contribution in [0.3, 0.4) is 0 Å². The molecule has 0 aliphatic rings. The van der Waals surface area contributed by atoms with Crippen molar-refractivity contribution < 1.29 is 42.2 Å². The Kier molecular flexibility index (Phi) is 10.5. The van der Waals surface area contributed by atoms with Crippen LogP contribution >= 0.6 is 24.1 Å². The third-order valence-corrected chi connectivity index (χ3v) is 4.52. The van der Waals surface area contributed by atoms with Crippen molar-refractivity contribution in [2.45, 2.75) is 20.1 Å². The number of rotatable bonds is 12. The number of hydrogen-bond donors (Lipinski definition) is 2. The van der Waals surface area contributed by atoms with Crippen LogP contribution in [0.5, 0.6) is 0 Å². The van der Waals surface area contributed by atoms with Crippen molar-refractivity contribution >= 4 is 50.9 Å². The van der Waals surface area contributed by atoms with Crippen LogP contribution in [0, 0.1) is 0 Å². The Balaban J connectivity index is 4.22. The Hall–Kier alpha value is -0.170. The molecule has 0 radical (unpaired) electrons. The Morgan fingerprint density at radius 2 is 1.59 bits per heavy atom. The van der Waals surface area contributed by atoms with E-state index in [0.717, 1.165) is 0 Å². The standard InChI is InChI=1S/C6H14N2O10S4/c1-3-19-17-21(10,11)15-5(7)6(9)14-8-16-22(12,13)18-20-4-2/h5,8H,3-4,7H2,1-2H3. The molecule has 132 valence electrons. The highest BCUT2D eigenvalue weighted by Gasteiger charge is 2.26. The van der Waals surface area contributed by atoms with Crippen LogP contribution in [-0.2, 0) is 46.2 Å². The molecule has 0 saturated heterocycles. The van der Waals surface area contributed by atoms with Crippen LogP contribution in [0.25, 0.3) is 0 Å². The van der Waals surface area contributed by atoms with E-state index in [1.54, 1.807) is 13.8 Å². The number of carbonyl (C=O) groups excluding carboxylic acids is 1. The molecule has 1 unspecified atom stereocenters. The smallest absolute Gasteiger partial charge is 0.340 e. The zero-order valence-corrected chi connectivity index (χ0v) is 14.6. The zero-order valence-electron chi connectivity index (χ0n) is 11.3. The van der Waals surface area contributed by atoms with Gasteiger partial charge in [-0.2, -0.15) is 24.1 Å². The Morgan fingerprint density at radius 1 is 1.09 bits per heavy atom. The van der Waals surface area contributed by atoms with Gasteiger partial charge in [0.05, 0.1) is 0 Å². The van der Waals surface area contributed by atoms with Gasteiger partial charge in [-0.3, -0.25) is 5.73 Å². The Bertz CT molecular complexity index is 534. The van der Waals surface area contributed by atoms with Gasteiger partial charge in [0, 0.05) is 35.6 Å². The molecule has 0 heterocycles. The molecular weight excluding hydrogens is 388 g/mol. The average molecular weight is 402 g/mol. The first-order chi connectivity index (χ1) is 10.1. The fraction of sp³-hybridized carbons (Fsp3) is 0.833. The minimum atomic E-state index is -4.53. The molecule has 0 spiro atoms. The SMILES string of the molecule is CCSOS(=O)(=O)ONOC(=O)C(N)OS(=O)(=O)OSCC. The van der Waals surface area contributed by atoms with Gasteiger partial charge in [-0.15, -0.1) is 4.28 Å². The Morgan fingerprint density at radius 3 is 2.09 bits per heavy atom. The molecule has 0 aromatic carbocycles. The van der Waals surface area contributed by atoms with Gasteiger partial charge in [0.15, 0.2) is 0 Å². The van der Waals surface area contributed by atoms with Gasteiger partial charge in [0.25, 0.3) is 0 Å². The highest BCUT2D eigenvalue weighted by molar-refractivity contribution is 8.03. The molecule has 0 aromatic heterocycles. The van der Waals surface area contributed by atoms with Gasteiger partial charge < -0.3 is 4.84 Å². The lowest BCUT2D eigenvalue weighted by molar-refractivity contribution is -0.179. The third kappa shape index (κ3) is 10.5. The van der Waals surface area contributed by atoms with Gasteiger partial charge in [-0.05, 0) is 5.64 Å². The molecule has 0 aromatic rings. The molecule has 0 amide bonds. The maximum atomic E-state index is 11.2. The second-order valence-electron chi connectivity index (χ2n) is 2.87. The summed E-state index contributed by atoms with van der Waals surface area (Å²) < 4.78 is 60.6. The highest BCUT2D eigenvalue weighted by atomic mass is 32.3. The van der Waals surface area contributed by atoms with E-state index in [1.165, 1.54) is 5.64 Å². The van der Waals surface area contributed by atoms with Crippen molar-refractivity contribution in [2.24, 2.45) is 5.73 Å². The van der Waals surface area contributed by atoms with Crippen molar-refractivity contribution in [3.8, 4) is 0 Å². The van der Waals surface area contributed by atoms with Crippen LogP contribution in [0.2, 0.25) is 0 Å². The van der Waals surface area contributed by atoms with Gasteiger partial charge in [-0.1, -0.05) is 13.8 Å². The van der Waals surface area contributed by atoms with Crippen molar-refractivity contribution in [1.82, 2.24) is 5.64 Å². The van der Waals surface area contributed by atoms with Crippen molar-refractivity contribution in [2.75, 3.05) is 11.5 Å². The fourth-order valence-electron chi connectivity index (χ4n) is 0.568. The minimum absolute atomic E-state index is 0.297. The number of nitrogens with two attached hydrogens (primary N) is 1. The predicted molar refractivity (Wildman–Crippen MR) is 75.6 cm³/mol. The van der Waals surface area contributed by atoms with Crippen LogP contribution in [0.15, 0.2) is 0 Å². The van der Waals surface area contributed by atoms with Crippen LogP contribution < -0.4 is 11.4 Å². The molecule has 0 fully saturated rings. The summed E-state index contributed by atoms with van der Waals surface area (Å²) in [6, 6.07) is 0. The molecule has 0 saturated carbocycles. The van der Waals surface area contributed by atoms with E-state index in [2.05, 4.69) is 20.6 Å². The largest absolute Gasteiger partial charge is 0.429 e. The number of hydrogen-bond acceptors (Lipinski definition) is 14. The Labute approximate surface area is 136 Å². The summed E-state index contributed by atoms with van der Waals surface area (Å²) in [4.78, 5) is 15.2. The molecule has 1 atom stereocenters. The van der Waals surface area contributed by atoms with E-state index in [-0.39, 0.29) is 0 Å². The summed E-state index contributed by atoms with van der Waals surface area (Å²) in [6.07, 6.45) is -2.10. The maximum Gasteiger partial charge on any atom is 0.429 e. The average Bonchev–Trinajstić information content (AvgIpc) is 2.42. The first-order valence-electron chi connectivity index (χ1n) is 5.33. The van der Waals surface area contributed by atoms with E-state index >= 15 is 0 Å². The summed E-state index contributed by atoms with van der Waals surface area (Å²) in [7, 11) is -9.00. The van der Waals surface area contributed by atoms with Crippen molar-refractivity contribution in [1.29, 1.82) is 0 Å². The van der Waals surface area contributed by atoms with Gasteiger partial charge in [-0.25, -0.2) is 8.98 Å². The molecule has 0 aliphatic carbocycles. The molecule has 0 bridgehead atoms. The second-order valence-corrected chi connectivity index (χ2v) is 7.58. The normalized spacial score (nSPS) is 13.8. The molecule has 0 rings (SSSR count). The lowest BCUT2D eigenvalue weighted by Gasteiger charge is -2.11. The summed E-state index contributed by atoms with van der Waals surface area (Å²) in [5, 5.41) is 0. The van der Waals surface area contributed by atoms with Crippen molar-refractivity contribution in [3.63, 3.8) is 0 Å². The van der Waals surface area contributed by atoms with Crippen molar-refractivity contribution in [3.05, 3.63) is 0 Å². The zero-order chi connectivity index (χ0) is 17.2. The second kappa shape index (κ2) is 10.6. The first kappa shape index (κ1) is 21.8. The number of carbonyl (C=O) groups is 1. The summed E-state index contributed by atoms with van der Waals surface area (Å²) in [5.74, 6) is -0.882. The molecule has 0 aliphatic heterocycles. The van der Waals surface area contributed by atoms with E-state index in [0.29, 0.717) is 35.6 Å². The van der Waals surface area contributed by atoms with E-state index in [4.69, 9.17) is 5.73 Å². The van der Waals surface area contributed by atoms with Crippen LogP contribution in [-0.4, -0.2) is 40.5 Å². The minimum Gasteiger partial charge on any atom is -0.340 e. The van der Waals surface area contributed by atoms with Gasteiger partial charge in [0.1, 0.15) is 0 Å². The molecule has 3 N–H and O–H groups in total. The molecule has 22 heavy (non-hydrogen) atoms. The maximum absolute atomic E-state index is 11.2. The molecule has 16 heteroatoms. The fourth-order valence-corrected chi connectivity index (χ4v) is 2.97. The molecule has 12 nitrogen and oxygen atoms in total. The van der Waals surface area contributed by atoms with E-state index in [1.807, 2.05) is 0 Å². The van der Waals surface area contributed by atoms with E-state index < -0.39 is 33.0 Å². The summed E-state index contributed by atoms with van der Waals surface area (Å²) >= 11 is 1.09. The van der Waals surface area contributed by atoms with E-state index in [9.17, 15) is 21.6 Å². The monoisotopic (exact) mass is 402 g/mol. The predicted octanol–water partition coefficient (Wildman–Crippen LogP) is -0.874. The van der Waals surface area contributed by atoms with Crippen LogP contribution in [0.1, 0.15) is 13.8 Å². The quantitative estimate of drug-likeness (QED) is 0.234. The van der Waals surface area contributed by atoms with Gasteiger partial charge >= 0.3 is 26.8 Å². The molecular formula is C6H14N2O10S4. The lowest BCUT2D eigenvalue weighted by atomic mass is 10.6. The third-order valence-electron chi connectivity index (χ3n) is 1.23. The summed E-state index contributed by atoms with van der Waals surface area (Å²) in [6.45, 7) is 3.22. The highest BCUT2D eigenvalue weighted by Crippen LogP contribution is 2.11.